The number of aliphatic hydroxyl groups is 1. The fraction of sp³-hybridized carbons (Fsp3) is 0.647. The Morgan fingerprint density at radius 1 is 1.16 bits per heavy atom. The summed E-state index contributed by atoms with van der Waals surface area (Å²) in [6.07, 6.45) is 7.80. The maximum Gasteiger partial charge on any atom is 0.0771 e. The number of benzene rings is 1. The molecule has 0 aliphatic heterocycles. The van der Waals surface area contributed by atoms with Crippen LogP contribution >= 0.6 is 0 Å². The Hall–Kier alpha value is -0.860. The molecule has 0 radical (unpaired) electrons. The average molecular weight is 261 g/mol. The number of rotatable bonds is 6. The molecule has 19 heavy (non-hydrogen) atoms. The molecular formula is C17H27NO. The second-order valence-corrected chi connectivity index (χ2v) is 6.09. The SMILES string of the molecule is CC(CCc1ccccc1)NCC1(O)CCCCC1. The molecule has 0 amide bonds. The molecule has 0 saturated heterocycles. The first-order valence-corrected chi connectivity index (χ1v) is 7.68. The van der Waals surface area contributed by atoms with E-state index in [1.165, 1.54) is 24.8 Å². The predicted octanol–water partition coefficient (Wildman–Crippen LogP) is 3.29. The lowest BCUT2D eigenvalue weighted by molar-refractivity contribution is 0.00288. The van der Waals surface area contributed by atoms with Crippen LogP contribution in [0.5, 0.6) is 0 Å². The van der Waals surface area contributed by atoms with Crippen LogP contribution in [0.15, 0.2) is 30.3 Å². The smallest absolute Gasteiger partial charge is 0.0771 e. The van der Waals surface area contributed by atoms with E-state index in [-0.39, 0.29) is 0 Å². The molecule has 1 aliphatic carbocycles. The fourth-order valence-electron chi connectivity index (χ4n) is 2.88. The highest BCUT2D eigenvalue weighted by Crippen LogP contribution is 2.27. The summed E-state index contributed by atoms with van der Waals surface area (Å²) in [5.41, 5.74) is 0.951. The lowest BCUT2D eigenvalue weighted by Gasteiger charge is -2.33. The largest absolute Gasteiger partial charge is 0.389 e. The van der Waals surface area contributed by atoms with Gasteiger partial charge in [0.1, 0.15) is 0 Å². The summed E-state index contributed by atoms with van der Waals surface area (Å²) in [5.74, 6) is 0. The fourth-order valence-corrected chi connectivity index (χ4v) is 2.88. The molecule has 2 nitrogen and oxygen atoms in total. The molecule has 2 rings (SSSR count). The van der Waals surface area contributed by atoms with Gasteiger partial charge in [0, 0.05) is 12.6 Å². The molecule has 1 atom stereocenters. The van der Waals surface area contributed by atoms with E-state index in [2.05, 4.69) is 42.6 Å². The quantitative estimate of drug-likeness (QED) is 0.823. The Bertz CT molecular complexity index is 357. The van der Waals surface area contributed by atoms with Crippen LogP contribution in [0.4, 0.5) is 0 Å². The first-order chi connectivity index (χ1) is 9.18. The third-order valence-electron chi connectivity index (χ3n) is 4.27. The summed E-state index contributed by atoms with van der Waals surface area (Å²) in [6.45, 7) is 2.97. The van der Waals surface area contributed by atoms with Gasteiger partial charge in [-0.25, -0.2) is 0 Å². The minimum Gasteiger partial charge on any atom is -0.389 e. The summed E-state index contributed by atoms with van der Waals surface area (Å²) in [4.78, 5) is 0. The topological polar surface area (TPSA) is 32.3 Å². The van der Waals surface area contributed by atoms with E-state index in [0.717, 1.165) is 32.2 Å². The van der Waals surface area contributed by atoms with Gasteiger partial charge in [0.25, 0.3) is 0 Å². The van der Waals surface area contributed by atoms with Gasteiger partial charge in [0.2, 0.25) is 0 Å². The Kier molecular flexibility index (Phi) is 5.41. The van der Waals surface area contributed by atoms with E-state index in [1.54, 1.807) is 0 Å². The molecule has 0 heterocycles. The van der Waals surface area contributed by atoms with Crippen LogP contribution in [-0.4, -0.2) is 23.3 Å². The van der Waals surface area contributed by atoms with Gasteiger partial charge in [-0.15, -0.1) is 0 Å². The molecule has 0 aromatic heterocycles. The minimum absolute atomic E-state index is 0.445. The van der Waals surface area contributed by atoms with E-state index in [9.17, 15) is 5.11 Å². The Morgan fingerprint density at radius 2 is 1.84 bits per heavy atom. The number of nitrogens with one attached hydrogen (secondary N) is 1. The number of hydrogen-bond donors (Lipinski definition) is 2. The highest BCUT2D eigenvalue weighted by atomic mass is 16.3. The van der Waals surface area contributed by atoms with Gasteiger partial charge in [-0.1, -0.05) is 49.6 Å². The van der Waals surface area contributed by atoms with Crippen molar-refractivity contribution in [2.75, 3.05) is 6.54 Å². The van der Waals surface area contributed by atoms with Gasteiger partial charge in [-0.2, -0.15) is 0 Å². The minimum atomic E-state index is -0.445. The standard InChI is InChI=1S/C17H27NO/c1-15(10-11-16-8-4-2-5-9-16)18-14-17(19)12-6-3-7-13-17/h2,4-5,8-9,15,18-19H,3,6-7,10-14H2,1H3. The van der Waals surface area contributed by atoms with E-state index < -0.39 is 5.60 Å². The maximum absolute atomic E-state index is 10.4. The Balaban J connectivity index is 1.68. The molecule has 106 valence electrons. The molecule has 2 N–H and O–H groups in total. The normalized spacial score (nSPS) is 20.1. The number of aryl methyl sites for hydroxylation is 1. The van der Waals surface area contributed by atoms with Crippen LogP contribution < -0.4 is 5.32 Å². The molecule has 1 aromatic carbocycles. The van der Waals surface area contributed by atoms with Crippen LogP contribution in [0.2, 0.25) is 0 Å². The van der Waals surface area contributed by atoms with Crippen molar-refractivity contribution in [1.82, 2.24) is 5.32 Å². The summed E-state index contributed by atoms with van der Waals surface area (Å²) in [7, 11) is 0. The Morgan fingerprint density at radius 3 is 2.53 bits per heavy atom. The van der Waals surface area contributed by atoms with Crippen molar-refractivity contribution in [2.45, 2.75) is 63.5 Å². The van der Waals surface area contributed by atoms with Crippen molar-refractivity contribution < 1.29 is 5.11 Å². The monoisotopic (exact) mass is 261 g/mol. The van der Waals surface area contributed by atoms with Crippen molar-refractivity contribution in [1.29, 1.82) is 0 Å². The van der Waals surface area contributed by atoms with Crippen LogP contribution in [0, 0.1) is 0 Å². The summed E-state index contributed by atoms with van der Waals surface area (Å²) >= 11 is 0. The second-order valence-electron chi connectivity index (χ2n) is 6.09. The van der Waals surface area contributed by atoms with E-state index in [4.69, 9.17) is 0 Å². The summed E-state index contributed by atoms with van der Waals surface area (Å²) < 4.78 is 0. The molecule has 1 aliphatic rings. The zero-order valence-electron chi connectivity index (χ0n) is 12.1. The molecule has 1 aromatic rings. The third kappa shape index (κ3) is 4.96. The van der Waals surface area contributed by atoms with Gasteiger partial charge >= 0.3 is 0 Å². The first kappa shape index (κ1) is 14.5. The molecular weight excluding hydrogens is 234 g/mol. The molecule has 2 heteroatoms. The summed E-state index contributed by atoms with van der Waals surface area (Å²) in [5, 5.41) is 14.0. The zero-order chi connectivity index (χ0) is 13.6. The van der Waals surface area contributed by atoms with Crippen molar-refractivity contribution in [3.63, 3.8) is 0 Å². The predicted molar refractivity (Wildman–Crippen MR) is 80.3 cm³/mol. The maximum atomic E-state index is 10.4. The van der Waals surface area contributed by atoms with Gasteiger partial charge in [0.05, 0.1) is 5.60 Å². The Labute approximate surface area is 117 Å². The van der Waals surface area contributed by atoms with Crippen LogP contribution in [0.3, 0.4) is 0 Å². The third-order valence-corrected chi connectivity index (χ3v) is 4.27. The molecule has 1 saturated carbocycles. The summed E-state index contributed by atoms with van der Waals surface area (Å²) in [6, 6.07) is 11.1. The van der Waals surface area contributed by atoms with Crippen molar-refractivity contribution in [2.24, 2.45) is 0 Å². The zero-order valence-corrected chi connectivity index (χ0v) is 12.1. The van der Waals surface area contributed by atoms with Crippen LogP contribution in [-0.2, 0) is 6.42 Å². The second kappa shape index (κ2) is 7.06. The van der Waals surface area contributed by atoms with E-state index in [0.29, 0.717) is 6.04 Å². The van der Waals surface area contributed by atoms with Gasteiger partial charge < -0.3 is 10.4 Å². The van der Waals surface area contributed by atoms with Crippen molar-refractivity contribution in [3.05, 3.63) is 35.9 Å². The molecule has 1 unspecified atom stereocenters. The van der Waals surface area contributed by atoms with Gasteiger partial charge in [0.15, 0.2) is 0 Å². The molecule has 0 bridgehead atoms. The molecule has 1 fully saturated rings. The van der Waals surface area contributed by atoms with Crippen LogP contribution in [0.1, 0.15) is 51.0 Å². The average Bonchev–Trinajstić information content (AvgIpc) is 2.45. The number of hydrogen-bond acceptors (Lipinski definition) is 2. The van der Waals surface area contributed by atoms with E-state index in [1.807, 2.05) is 0 Å². The highest BCUT2D eigenvalue weighted by Gasteiger charge is 2.28. The van der Waals surface area contributed by atoms with Gasteiger partial charge in [-0.3, -0.25) is 0 Å². The highest BCUT2D eigenvalue weighted by molar-refractivity contribution is 5.14. The lowest BCUT2D eigenvalue weighted by atomic mass is 9.84. The van der Waals surface area contributed by atoms with Crippen molar-refractivity contribution >= 4 is 0 Å². The van der Waals surface area contributed by atoms with E-state index >= 15 is 0 Å². The molecule has 0 spiro atoms. The van der Waals surface area contributed by atoms with Crippen molar-refractivity contribution in [3.8, 4) is 0 Å². The van der Waals surface area contributed by atoms with Crippen LogP contribution in [0.25, 0.3) is 0 Å². The van der Waals surface area contributed by atoms with Gasteiger partial charge in [-0.05, 0) is 38.2 Å². The lowest BCUT2D eigenvalue weighted by Crippen LogP contribution is -2.45. The first-order valence-electron chi connectivity index (χ1n) is 7.68.